The number of hydrogen-bond acceptors (Lipinski definition) is 4. The first-order valence-electron chi connectivity index (χ1n) is 8.90. The van der Waals surface area contributed by atoms with Crippen LogP contribution >= 0.6 is 0 Å². The molecule has 4 rings (SSSR count). The highest BCUT2D eigenvalue weighted by atomic mass is 16.2. The van der Waals surface area contributed by atoms with E-state index >= 15 is 0 Å². The number of anilines is 1. The van der Waals surface area contributed by atoms with E-state index in [1.165, 1.54) is 23.3 Å². The molecule has 2 aromatic rings. The highest BCUT2D eigenvalue weighted by molar-refractivity contribution is 6.23. The number of nitrogens with two attached hydrogens (primary N) is 1. The molecule has 26 heavy (non-hydrogen) atoms. The predicted molar refractivity (Wildman–Crippen MR) is 101 cm³/mol. The summed E-state index contributed by atoms with van der Waals surface area (Å²) in [5, 5.41) is 0. The second-order valence-corrected chi connectivity index (χ2v) is 7.68. The zero-order valence-corrected chi connectivity index (χ0v) is 15.2. The molecule has 5 heteroatoms. The number of amides is 2. The van der Waals surface area contributed by atoms with E-state index in [4.69, 9.17) is 5.73 Å². The Labute approximate surface area is 153 Å². The highest BCUT2D eigenvalue weighted by Crippen LogP contribution is 2.48. The van der Waals surface area contributed by atoms with Gasteiger partial charge in [-0.15, -0.1) is 0 Å². The third-order valence-electron chi connectivity index (χ3n) is 5.41. The summed E-state index contributed by atoms with van der Waals surface area (Å²) in [4.78, 5) is 28.7. The molecule has 0 radical (unpaired) electrons. The molecule has 0 spiro atoms. The third kappa shape index (κ3) is 2.69. The average molecular weight is 349 g/mol. The quantitative estimate of drug-likeness (QED) is 0.666. The minimum absolute atomic E-state index is 0.270. The predicted octanol–water partition coefficient (Wildman–Crippen LogP) is 2.66. The molecule has 2 N–H and O–H groups in total. The van der Waals surface area contributed by atoms with Crippen molar-refractivity contribution in [1.29, 1.82) is 0 Å². The van der Waals surface area contributed by atoms with Gasteiger partial charge in [-0.2, -0.15) is 0 Å². The number of hydrogen-bond donors (Lipinski definition) is 1. The standard InChI is InChI=1S/C21H23N3O2/c1-23(2)13-21(10-11-21)15-8-6-14(7-9-15)12-24-19(25)16-4-3-5-17(22)18(16)20(24)26/h3-9H,10-13,22H2,1-2H3. The molecule has 0 aromatic heterocycles. The first-order chi connectivity index (χ1) is 12.4. The van der Waals surface area contributed by atoms with Gasteiger partial charge in [0.1, 0.15) is 0 Å². The SMILES string of the molecule is CN(C)CC1(c2ccc(CN3C(=O)c4cccc(N)c4C3=O)cc2)CC1. The number of rotatable bonds is 5. The van der Waals surface area contributed by atoms with Gasteiger partial charge in [0.2, 0.25) is 0 Å². The summed E-state index contributed by atoms with van der Waals surface area (Å²) in [7, 11) is 4.20. The lowest BCUT2D eigenvalue weighted by molar-refractivity contribution is 0.0642. The smallest absolute Gasteiger partial charge is 0.263 e. The second kappa shape index (κ2) is 5.95. The molecule has 0 unspecified atom stereocenters. The summed E-state index contributed by atoms with van der Waals surface area (Å²) in [6.45, 7) is 1.32. The van der Waals surface area contributed by atoms with E-state index in [1.807, 2.05) is 12.1 Å². The van der Waals surface area contributed by atoms with Crippen LogP contribution < -0.4 is 5.73 Å². The van der Waals surface area contributed by atoms with Crippen molar-refractivity contribution in [2.75, 3.05) is 26.4 Å². The number of nitrogens with zero attached hydrogens (tertiary/aromatic N) is 2. The molecule has 0 saturated heterocycles. The van der Waals surface area contributed by atoms with E-state index in [2.05, 4.69) is 31.1 Å². The van der Waals surface area contributed by atoms with Crippen LogP contribution in [0.5, 0.6) is 0 Å². The molecule has 5 nitrogen and oxygen atoms in total. The van der Waals surface area contributed by atoms with Crippen molar-refractivity contribution >= 4 is 17.5 Å². The van der Waals surface area contributed by atoms with Crippen molar-refractivity contribution in [3.8, 4) is 0 Å². The molecule has 2 amide bonds. The Morgan fingerprint density at radius 2 is 1.73 bits per heavy atom. The lowest BCUT2D eigenvalue weighted by Gasteiger charge is -2.21. The minimum atomic E-state index is -0.307. The fourth-order valence-corrected chi connectivity index (χ4v) is 3.94. The zero-order valence-electron chi connectivity index (χ0n) is 15.2. The Kier molecular flexibility index (Phi) is 3.84. The largest absolute Gasteiger partial charge is 0.398 e. The molecular weight excluding hydrogens is 326 g/mol. The summed E-state index contributed by atoms with van der Waals surface area (Å²) in [5.74, 6) is -0.578. The average Bonchev–Trinajstić information content (AvgIpc) is 3.34. The van der Waals surface area contributed by atoms with Gasteiger partial charge < -0.3 is 10.6 Å². The van der Waals surface area contributed by atoms with Crippen molar-refractivity contribution in [2.24, 2.45) is 0 Å². The Balaban J connectivity index is 1.53. The van der Waals surface area contributed by atoms with E-state index in [0.717, 1.165) is 12.1 Å². The van der Waals surface area contributed by atoms with Gasteiger partial charge >= 0.3 is 0 Å². The van der Waals surface area contributed by atoms with Crippen molar-refractivity contribution in [3.63, 3.8) is 0 Å². The number of imide groups is 1. The van der Waals surface area contributed by atoms with Crippen LogP contribution in [0.2, 0.25) is 0 Å². The summed E-state index contributed by atoms with van der Waals surface area (Å²) in [6, 6.07) is 13.3. The van der Waals surface area contributed by atoms with Gasteiger partial charge in [0.05, 0.1) is 17.7 Å². The van der Waals surface area contributed by atoms with Gasteiger partial charge in [0.15, 0.2) is 0 Å². The molecule has 0 atom stereocenters. The first kappa shape index (κ1) is 16.8. The number of likely N-dealkylation sites (N-methyl/N-ethyl adjacent to an activating group) is 1. The van der Waals surface area contributed by atoms with Crippen molar-refractivity contribution in [2.45, 2.75) is 24.8 Å². The maximum Gasteiger partial charge on any atom is 0.263 e. The molecular formula is C21H23N3O2. The monoisotopic (exact) mass is 349 g/mol. The molecule has 1 fully saturated rings. The number of fused-ring (bicyclic) bond motifs is 1. The van der Waals surface area contributed by atoms with Crippen LogP contribution in [0, 0.1) is 0 Å². The summed E-state index contributed by atoms with van der Waals surface area (Å²) >= 11 is 0. The van der Waals surface area contributed by atoms with E-state index in [9.17, 15) is 9.59 Å². The van der Waals surface area contributed by atoms with Gasteiger partial charge in [-0.25, -0.2) is 0 Å². The van der Waals surface area contributed by atoms with Crippen LogP contribution in [-0.2, 0) is 12.0 Å². The molecule has 1 aliphatic carbocycles. The molecule has 1 aliphatic heterocycles. The Morgan fingerprint density at radius 3 is 2.31 bits per heavy atom. The summed E-state index contributed by atoms with van der Waals surface area (Å²) in [5.41, 5.74) is 9.53. The van der Waals surface area contributed by atoms with Crippen LogP contribution in [0.15, 0.2) is 42.5 Å². The van der Waals surface area contributed by atoms with E-state index in [1.54, 1.807) is 18.2 Å². The Bertz CT molecular complexity index is 883. The Hall–Kier alpha value is -2.66. The summed E-state index contributed by atoms with van der Waals surface area (Å²) in [6.07, 6.45) is 2.42. The van der Waals surface area contributed by atoms with Gasteiger partial charge in [0.25, 0.3) is 11.8 Å². The molecule has 1 saturated carbocycles. The number of benzene rings is 2. The lowest BCUT2D eigenvalue weighted by Crippen LogP contribution is -2.29. The maximum absolute atomic E-state index is 12.6. The van der Waals surface area contributed by atoms with Gasteiger partial charge in [-0.1, -0.05) is 30.3 Å². The van der Waals surface area contributed by atoms with Crippen molar-refractivity contribution < 1.29 is 9.59 Å². The molecule has 1 heterocycles. The number of carbonyl (C=O) groups is 2. The van der Waals surface area contributed by atoms with Gasteiger partial charge in [0, 0.05) is 17.6 Å². The third-order valence-corrected chi connectivity index (χ3v) is 5.41. The van der Waals surface area contributed by atoms with Crippen LogP contribution in [0.4, 0.5) is 5.69 Å². The fraction of sp³-hybridized carbons (Fsp3) is 0.333. The van der Waals surface area contributed by atoms with Crippen LogP contribution in [0.1, 0.15) is 44.7 Å². The van der Waals surface area contributed by atoms with E-state index < -0.39 is 0 Å². The van der Waals surface area contributed by atoms with Crippen LogP contribution in [-0.4, -0.2) is 42.3 Å². The minimum Gasteiger partial charge on any atom is -0.398 e. The van der Waals surface area contributed by atoms with E-state index in [0.29, 0.717) is 16.8 Å². The normalized spacial score (nSPS) is 17.7. The maximum atomic E-state index is 12.6. The molecule has 2 aromatic carbocycles. The topological polar surface area (TPSA) is 66.6 Å². The van der Waals surface area contributed by atoms with E-state index in [-0.39, 0.29) is 23.8 Å². The number of carbonyl (C=O) groups excluding carboxylic acids is 2. The number of nitrogen functional groups attached to an aromatic ring is 1. The first-order valence-corrected chi connectivity index (χ1v) is 8.90. The zero-order chi connectivity index (χ0) is 18.5. The van der Waals surface area contributed by atoms with Crippen LogP contribution in [0.3, 0.4) is 0 Å². The molecule has 2 aliphatic rings. The van der Waals surface area contributed by atoms with Gasteiger partial charge in [-0.05, 0) is 50.2 Å². The fourth-order valence-electron chi connectivity index (χ4n) is 3.94. The Morgan fingerprint density at radius 1 is 1.04 bits per heavy atom. The van der Waals surface area contributed by atoms with Gasteiger partial charge in [-0.3, -0.25) is 14.5 Å². The molecule has 134 valence electrons. The highest BCUT2D eigenvalue weighted by Gasteiger charge is 2.44. The lowest BCUT2D eigenvalue weighted by atomic mass is 9.94. The van der Waals surface area contributed by atoms with Crippen molar-refractivity contribution in [1.82, 2.24) is 9.80 Å². The second-order valence-electron chi connectivity index (χ2n) is 7.68. The van der Waals surface area contributed by atoms with Crippen molar-refractivity contribution in [3.05, 3.63) is 64.7 Å². The molecule has 0 bridgehead atoms. The summed E-state index contributed by atoms with van der Waals surface area (Å²) < 4.78 is 0. The van der Waals surface area contributed by atoms with Crippen LogP contribution in [0.25, 0.3) is 0 Å².